The molecule has 2 rings (SSSR count). The van der Waals surface area contributed by atoms with Gasteiger partial charge in [-0.2, -0.15) is 0 Å². The molecule has 0 fully saturated rings. The van der Waals surface area contributed by atoms with Crippen molar-refractivity contribution >= 4 is 22.6 Å². The van der Waals surface area contributed by atoms with E-state index in [1.807, 2.05) is 13.8 Å². The highest BCUT2D eigenvalue weighted by Gasteiger charge is 2.16. The molecule has 0 saturated heterocycles. The van der Waals surface area contributed by atoms with Gasteiger partial charge in [-0.25, -0.2) is 4.79 Å². The van der Waals surface area contributed by atoms with E-state index in [4.69, 9.17) is 0 Å². The van der Waals surface area contributed by atoms with Crippen LogP contribution in [-0.4, -0.2) is 28.1 Å². The lowest BCUT2D eigenvalue weighted by Crippen LogP contribution is -2.00. The number of hydrogen-bond donors (Lipinski definition) is 2. The molecule has 2 N–H and O–H groups in total. The zero-order chi connectivity index (χ0) is 14.6. The largest absolute Gasteiger partial charge is 0.505 e. The molecule has 0 aliphatic heterocycles. The minimum atomic E-state index is -0.621. The van der Waals surface area contributed by atoms with Crippen LogP contribution in [0.5, 0.6) is 5.75 Å². The first kappa shape index (κ1) is 14.5. The number of benzene rings is 1. The summed E-state index contributed by atoms with van der Waals surface area (Å²) in [7, 11) is 1.22. The molecular weight excluding hydrogens is 252 g/mol. The second-order valence-electron chi connectivity index (χ2n) is 3.36. The molecule has 0 atom stereocenters. The normalized spacial score (nSPS) is 9.63. The first-order valence-electron chi connectivity index (χ1n) is 5.61. The van der Waals surface area contributed by atoms with Gasteiger partial charge in [0.25, 0.3) is 5.69 Å². The maximum Gasteiger partial charge on any atom is 0.354 e. The summed E-state index contributed by atoms with van der Waals surface area (Å²) < 4.78 is 4.50. The van der Waals surface area contributed by atoms with Crippen LogP contribution < -0.4 is 0 Å². The molecule has 0 amide bonds. The number of nitrogens with one attached hydrogen (secondary N) is 1. The van der Waals surface area contributed by atoms with Gasteiger partial charge in [0, 0.05) is 11.5 Å². The summed E-state index contributed by atoms with van der Waals surface area (Å²) in [6, 6.07) is 3.66. The maximum absolute atomic E-state index is 11.2. The number of ether oxygens (including phenoxy) is 1. The SMILES string of the molecule is CC.COC(=O)c1cc2cc([N+](=O)[O-])cc(O)c2[nH]1. The van der Waals surface area contributed by atoms with E-state index in [2.05, 4.69) is 9.72 Å². The van der Waals surface area contributed by atoms with Gasteiger partial charge in [-0.05, 0) is 6.07 Å². The Morgan fingerprint density at radius 2 is 2.00 bits per heavy atom. The third-order valence-electron chi connectivity index (χ3n) is 2.31. The van der Waals surface area contributed by atoms with Crippen molar-refractivity contribution < 1.29 is 19.6 Å². The van der Waals surface area contributed by atoms with Gasteiger partial charge in [0.15, 0.2) is 0 Å². The molecule has 0 unspecified atom stereocenters. The Morgan fingerprint density at radius 1 is 1.37 bits per heavy atom. The second-order valence-corrected chi connectivity index (χ2v) is 3.36. The number of nitrogens with zero attached hydrogens (tertiary/aromatic N) is 1. The lowest BCUT2D eigenvalue weighted by atomic mass is 10.2. The predicted molar refractivity (Wildman–Crippen MR) is 69.3 cm³/mol. The van der Waals surface area contributed by atoms with Crippen molar-refractivity contribution in [2.75, 3.05) is 7.11 Å². The Kier molecular flexibility index (Phi) is 4.46. The Balaban J connectivity index is 0.000000861. The van der Waals surface area contributed by atoms with E-state index < -0.39 is 10.9 Å². The van der Waals surface area contributed by atoms with Crippen molar-refractivity contribution in [1.29, 1.82) is 0 Å². The summed E-state index contributed by atoms with van der Waals surface area (Å²) >= 11 is 0. The topological polar surface area (TPSA) is 105 Å². The van der Waals surface area contributed by atoms with E-state index in [1.165, 1.54) is 19.2 Å². The number of aromatic hydroxyl groups is 1. The molecular formula is C12H14N2O5. The van der Waals surface area contributed by atoms with Crippen LogP contribution in [0.15, 0.2) is 18.2 Å². The van der Waals surface area contributed by atoms with Gasteiger partial charge in [0.1, 0.15) is 11.4 Å². The number of hydrogen-bond acceptors (Lipinski definition) is 5. The highest BCUT2D eigenvalue weighted by molar-refractivity contribution is 5.97. The number of carbonyl (C=O) groups excluding carboxylic acids is 1. The molecule has 0 aliphatic carbocycles. The number of nitro benzene ring substituents is 1. The van der Waals surface area contributed by atoms with Crippen LogP contribution in [0.1, 0.15) is 24.3 Å². The molecule has 0 bridgehead atoms. The molecule has 0 saturated carbocycles. The average Bonchev–Trinajstić information content (AvgIpc) is 2.84. The number of phenolic OH excluding ortho intramolecular Hbond substituents is 1. The van der Waals surface area contributed by atoms with E-state index in [0.29, 0.717) is 5.39 Å². The maximum atomic E-state index is 11.2. The van der Waals surface area contributed by atoms with Crippen molar-refractivity contribution in [3.63, 3.8) is 0 Å². The summed E-state index contributed by atoms with van der Waals surface area (Å²) in [5.74, 6) is -0.896. The third kappa shape index (κ3) is 2.82. The van der Waals surface area contributed by atoms with Crippen molar-refractivity contribution in [2.45, 2.75) is 13.8 Å². The summed E-state index contributed by atoms with van der Waals surface area (Å²) in [6.45, 7) is 4.00. The van der Waals surface area contributed by atoms with Gasteiger partial charge >= 0.3 is 5.97 Å². The Hall–Kier alpha value is -2.57. The molecule has 1 aromatic heterocycles. The number of carbonyl (C=O) groups is 1. The van der Waals surface area contributed by atoms with Crippen LogP contribution in [0.4, 0.5) is 5.69 Å². The number of aromatic amines is 1. The molecule has 0 aliphatic rings. The first-order valence-corrected chi connectivity index (χ1v) is 5.61. The lowest BCUT2D eigenvalue weighted by molar-refractivity contribution is -0.384. The average molecular weight is 266 g/mol. The number of nitro groups is 1. The van der Waals surface area contributed by atoms with E-state index >= 15 is 0 Å². The zero-order valence-corrected chi connectivity index (χ0v) is 10.8. The van der Waals surface area contributed by atoms with Crippen LogP contribution in [0, 0.1) is 10.1 Å². The van der Waals surface area contributed by atoms with Gasteiger partial charge in [-0.15, -0.1) is 0 Å². The summed E-state index contributed by atoms with van der Waals surface area (Å²) in [6.07, 6.45) is 0. The van der Waals surface area contributed by atoms with Crippen LogP contribution >= 0.6 is 0 Å². The van der Waals surface area contributed by atoms with E-state index in [1.54, 1.807) is 0 Å². The fraction of sp³-hybridized carbons (Fsp3) is 0.250. The quantitative estimate of drug-likeness (QED) is 0.493. The van der Waals surface area contributed by atoms with Crippen molar-refractivity contribution in [3.05, 3.63) is 34.0 Å². The van der Waals surface area contributed by atoms with Gasteiger partial charge in [0.2, 0.25) is 0 Å². The summed E-state index contributed by atoms with van der Waals surface area (Å²) in [5, 5.41) is 20.5. The van der Waals surface area contributed by atoms with Gasteiger partial charge < -0.3 is 14.8 Å². The fourth-order valence-electron chi connectivity index (χ4n) is 1.53. The molecule has 2 aromatic rings. The summed E-state index contributed by atoms with van der Waals surface area (Å²) in [4.78, 5) is 23.8. The predicted octanol–water partition coefficient (Wildman–Crippen LogP) is 2.59. The van der Waals surface area contributed by atoms with Crippen molar-refractivity contribution in [3.8, 4) is 5.75 Å². The van der Waals surface area contributed by atoms with E-state index in [0.717, 1.165) is 6.07 Å². The number of H-pyrrole nitrogens is 1. The molecule has 7 nitrogen and oxygen atoms in total. The van der Waals surface area contributed by atoms with Gasteiger partial charge in [0.05, 0.1) is 23.6 Å². The molecule has 1 aromatic carbocycles. The Morgan fingerprint density at radius 3 is 2.53 bits per heavy atom. The molecule has 19 heavy (non-hydrogen) atoms. The smallest absolute Gasteiger partial charge is 0.354 e. The van der Waals surface area contributed by atoms with Crippen LogP contribution in [-0.2, 0) is 4.74 Å². The lowest BCUT2D eigenvalue weighted by Gasteiger charge is -1.95. The fourth-order valence-corrected chi connectivity index (χ4v) is 1.53. The standard InChI is InChI=1S/C10H8N2O5.C2H6/c1-17-10(14)7-3-5-2-6(12(15)16)4-8(13)9(5)11-7;1-2/h2-4,11,13H,1H3;1-2H3. The molecule has 7 heteroatoms. The van der Waals surface area contributed by atoms with Crippen LogP contribution in [0.25, 0.3) is 10.9 Å². The number of rotatable bonds is 2. The minimum absolute atomic E-state index is 0.123. The minimum Gasteiger partial charge on any atom is -0.505 e. The van der Waals surface area contributed by atoms with Crippen molar-refractivity contribution in [1.82, 2.24) is 4.98 Å². The van der Waals surface area contributed by atoms with Gasteiger partial charge in [-0.1, -0.05) is 13.8 Å². The number of esters is 1. The Bertz CT molecular complexity index is 618. The molecule has 1 heterocycles. The molecule has 102 valence electrons. The van der Waals surface area contributed by atoms with Crippen LogP contribution in [0.3, 0.4) is 0 Å². The highest BCUT2D eigenvalue weighted by Crippen LogP contribution is 2.30. The zero-order valence-electron chi connectivity index (χ0n) is 10.8. The molecule has 0 spiro atoms. The van der Waals surface area contributed by atoms with Crippen molar-refractivity contribution in [2.24, 2.45) is 0 Å². The number of fused-ring (bicyclic) bond motifs is 1. The third-order valence-corrected chi connectivity index (χ3v) is 2.31. The van der Waals surface area contributed by atoms with Crippen LogP contribution in [0.2, 0.25) is 0 Å². The highest BCUT2D eigenvalue weighted by atomic mass is 16.6. The number of methoxy groups -OCH3 is 1. The number of phenols is 1. The number of aromatic nitrogens is 1. The summed E-state index contributed by atoms with van der Waals surface area (Å²) in [5.41, 5.74) is 0.139. The number of non-ortho nitro benzene ring substituents is 1. The second kappa shape index (κ2) is 5.85. The molecule has 0 radical (unpaired) electrons. The van der Waals surface area contributed by atoms with E-state index in [9.17, 15) is 20.0 Å². The van der Waals surface area contributed by atoms with Gasteiger partial charge in [-0.3, -0.25) is 10.1 Å². The van der Waals surface area contributed by atoms with E-state index in [-0.39, 0.29) is 22.6 Å². The Labute approximate surface area is 109 Å². The first-order chi connectivity index (χ1) is 9.02. The monoisotopic (exact) mass is 266 g/mol.